The van der Waals surface area contributed by atoms with E-state index in [1.165, 1.54) is 50.5 Å². The molecule has 0 saturated heterocycles. The lowest BCUT2D eigenvalue weighted by Crippen LogP contribution is -2.67. The van der Waals surface area contributed by atoms with Gasteiger partial charge in [0.2, 0.25) is 0 Å². The van der Waals surface area contributed by atoms with Crippen LogP contribution in [-0.2, 0) is 14.3 Å². The number of ketones is 1. The molecule has 0 unspecified atom stereocenters. The van der Waals surface area contributed by atoms with Crippen LogP contribution in [0.15, 0.2) is 11.6 Å². The van der Waals surface area contributed by atoms with Gasteiger partial charge in [-0.3, -0.25) is 9.59 Å². The smallest absolute Gasteiger partial charge is 0.306 e. The second-order valence-electron chi connectivity index (χ2n) is 17.3. The van der Waals surface area contributed by atoms with Gasteiger partial charge < -0.3 is 4.74 Å². The Morgan fingerprint density at radius 3 is 2.29 bits per heavy atom. The summed E-state index contributed by atoms with van der Waals surface area (Å²) >= 11 is 0. The number of carbonyl (C=O) groups excluding carboxylic acids is 2. The Balaban J connectivity index is 1.41. The molecule has 0 heterocycles. The summed E-state index contributed by atoms with van der Waals surface area (Å²) in [5.74, 6) is 2.73. The average Bonchev–Trinajstić information content (AvgIpc) is 2.89. The normalized spacial score (nSPS) is 46.9. The van der Waals surface area contributed by atoms with Crippen LogP contribution in [0.4, 0.5) is 0 Å². The van der Waals surface area contributed by atoms with Gasteiger partial charge in [-0.2, -0.15) is 0 Å². The minimum absolute atomic E-state index is 0.0146. The average molecular weight is 567 g/mol. The molecule has 5 aliphatic carbocycles. The fourth-order valence-electron chi connectivity index (χ4n) is 12.0. The van der Waals surface area contributed by atoms with E-state index in [-0.39, 0.29) is 39.7 Å². The first-order chi connectivity index (χ1) is 19.2. The molecule has 0 spiro atoms. The number of esters is 1. The SMILES string of the molecule is CCCCCCCC(=O)O[C@H]1CC[C@]2(C)[C@H]3C(=O)C=C4[C@@H]5[C@@H](C)[C@H](C)CC[C@]5(C)CC[C@@]4(C)[C@]3(C)CC[C@H]2C1(C)C. The van der Waals surface area contributed by atoms with E-state index in [1.54, 1.807) is 0 Å². The largest absolute Gasteiger partial charge is 0.462 e. The first-order valence-corrected chi connectivity index (χ1v) is 17.6. The number of allylic oxidation sites excluding steroid dienone is 2. The summed E-state index contributed by atoms with van der Waals surface area (Å²) in [6.07, 6.45) is 17.7. The van der Waals surface area contributed by atoms with E-state index in [4.69, 9.17) is 4.74 Å². The Kier molecular flexibility index (Phi) is 8.25. The van der Waals surface area contributed by atoms with Crippen molar-refractivity contribution in [1.82, 2.24) is 0 Å². The lowest BCUT2D eigenvalue weighted by Gasteiger charge is -2.70. The zero-order chi connectivity index (χ0) is 30.0. The predicted octanol–water partition coefficient (Wildman–Crippen LogP) is 10.1. The summed E-state index contributed by atoms with van der Waals surface area (Å²) in [4.78, 5) is 27.5. The van der Waals surface area contributed by atoms with E-state index >= 15 is 0 Å². The van der Waals surface area contributed by atoms with Crippen LogP contribution < -0.4 is 0 Å². The van der Waals surface area contributed by atoms with Crippen LogP contribution in [0.25, 0.3) is 0 Å². The summed E-state index contributed by atoms with van der Waals surface area (Å²) in [6, 6.07) is 0. The molecular weight excluding hydrogens is 504 g/mol. The molecule has 5 aliphatic rings. The van der Waals surface area contributed by atoms with E-state index < -0.39 is 0 Å². The highest BCUT2D eigenvalue weighted by atomic mass is 16.5. The van der Waals surface area contributed by atoms with E-state index in [0.717, 1.165) is 44.4 Å². The molecule has 41 heavy (non-hydrogen) atoms. The molecule has 4 fully saturated rings. The van der Waals surface area contributed by atoms with Gasteiger partial charge in [0.15, 0.2) is 5.78 Å². The molecule has 0 bridgehead atoms. The van der Waals surface area contributed by atoms with Crippen molar-refractivity contribution >= 4 is 11.8 Å². The third-order valence-corrected chi connectivity index (χ3v) is 14.8. The van der Waals surface area contributed by atoms with Crippen molar-refractivity contribution < 1.29 is 14.3 Å². The van der Waals surface area contributed by atoms with E-state index in [1.807, 2.05) is 0 Å². The summed E-state index contributed by atoms with van der Waals surface area (Å²) in [6.45, 7) is 21.9. The number of fused-ring (bicyclic) bond motifs is 7. The Labute approximate surface area is 252 Å². The van der Waals surface area contributed by atoms with Gasteiger partial charge in [-0.05, 0) is 109 Å². The standard InChI is InChI=1S/C38H62O3/c1-10-11-12-13-14-15-31(40)41-30-18-20-36(7)29(34(30,4)5)17-21-38(9)33(36)28(39)24-27-32-26(3)25(2)16-19-35(32,6)22-23-37(27,38)8/h24-26,29-30,32-33H,10-23H2,1-9H3/t25-,26+,29+,30+,32+,33-,35-,36+,37-,38-/m1/s1. The molecular formula is C38H62O3. The van der Waals surface area contributed by atoms with Crippen molar-refractivity contribution in [3.63, 3.8) is 0 Å². The van der Waals surface area contributed by atoms with Crippen molar-refractivity contribution in [2.45, 2.75) is 158 Å². The van der Waals surface area contributed by atoms with E-state index in [2.05, 4.69) is 68.4 Å². The highest BCUT2D eigenvalue weighted by Crippen LogP contribution is 2.75. The molecule has 3 nitrogen and oxygen atoms in total. The predicted molar refractivity (Wildman–Crippen MR) is 168 cm³/mol. The Morgan fingerprint density at radius 1 is 0.878 bits per heavy atom. The third kappa shape index (κ3) is 4.72. The number of hydrogen-bond donors (Lipinski definition) is 0. The van der Waals surface area contributed by atoms with Gasteiger partial charge in [-0.25, -0.2) is 0 Å². The second kappa shape index (κ2) is 10.8. The van der Waals surface area contributed by atoms with Crippen LogP contribution in [0.1, 0.15) is 152 Å². The lowest BCUT2D eigenvalue weighted by molar-refractivity contribution is -0.211. The summed E-state index contributed by atoms with van der Waals surface area (Å²) in [7, 11) is 0. The van der Waals surface area contributed by atoms with Gasteiger partial charge in [0.05, 0.1) is 0 Å². The van der Waals surface area contributed by atoms with Gasteiger partial charge in [-0.15, -0.1) is 0 Å². The maximum absolute atomic E-state index is 14.6. The fraction of sp³-hybridized carbons (Fsp3) is 0.895. The van der Waals surface area contributed by atoms with Crippen molar-refractivity contribution in [2.75, 3.05) is 0 Å². The number of unbranched alkanes of at least 4 members (excludes halogenated alkanes) is 4. The molecule has 0 aromatic heterocycles. The number of ether oxygens (including phenoxy) is 1. The number of carbonyl (C=O) groups is 2. The third-order valence-electron chi connectivity index (χ3n) is 14.8. The molecule has 5 rings (SSSR count). The monoisotopic (exact) mass is 566 g/mol. The van der Waals surface area contributed by atoms with Gasteiger partial charge in [-0.1, -0.05) is 93.6 Å². The molecule has 0 aromatic carbocycles. The Morgan fingerprint density at radius 2 is 1.59 bits per heavy atom. The van der Waals surface area contributed by atoms with Crippen molar-refractivity contribution in [1.29, 1.82) is 0 Å². The number of hydrogen-bond acceptors (Lipinski definition) is 3. The zero-order valence-corrected chi connectivity index (χ0v) is 28.2. The van der Waals surface area contributed by atoms with Crippen LogP contribution >= 0.6 is 0 Å². The molecule has 10 atom stereocenters. The molecule has 232 valence electrons. The Bertz CT molecular complexity index is 1060. The zero-order valence-electron chi connectivity index (χ0n) is 28.2. The second-order valence-corrected chi connectivity index (χ2v) is 17.3. The van der Waals surface area contributed by atoms with Crippen LogP contribution in [0.3, 0.4) is 0 Å². The van der Waals surface area contributed by atoms with Crippen molar-refractivity contribution in [3.05, 3.63) is 11.6 Å². The van der Waals surface area contributed by atoms with E-state index in [9.17, 15) is 9.59 Å². The van der Waals surface area contributed by atoms with Gasteiger partial charge in [0, 0.05) is 17.8 Å². The minimum Gasteiger partial charge on any atom is -0.462 e. The van der Waals surface area contributed by atoms with E-state index in [0.29, 0.717) is 35.4 Å². The Hall–Kier alpha value is -1.12. The maximum Gasteiger partial charge on any atom is 0.306 e. The van der Waals surface area contributed by atoms with Gasteiger partial charge >= 0.3 is 5.97 Å². The summed E-state index contributed by atoms with van der Waals surface area (Å²) < 4.78 is 6.26. The molecule has 0 aliphatic heterocycles. The highest BCUT2D eigenvalue weighted by molar-refractivity contribution is 5.95. The van der Waals surface area contributed by atoms with Gasteiger partial charge in [0.25, 0.3) is 0 Å². The molecule has 4 saturated carbocycles. The maximum atomic E-state index is 14.6. The van der Waals surface area contributed by atoms with Crippen LogP contribution in [0.2, 0.25) is 0 Å². The minimum atomic E-state index is -0.129. The molecule has 0 N–H and O–H groups in total. The van der Waals surface area contributed by atoms with Crippen LogP contribution in [0.5, 0.6) is 0 Å². The highest BCUT2D eigenvalue weighted by Gasteiger charge is 2.70. The molecule has 0 amide bonds. The van der Waals surface area contributed by atoms with Crippen molar-refractivity contribution in [3.8, 4) is 0 Å². The molecule has 0 radical (unpaired) electrons. The summed E-state index contributed by atoms with van der Waals surface area (Å²) in [5, 5.41) is 0. The topological polar surface area (TPSA) is 43.4 Å². The fourth-order valence-corrected chi connectivity index (χ4v) is 12.0. The first-order valence-electron chi connectivity index (χ1n) is 17.6. The lowest BCUT2D eigenvalue weighted by atomic mass is 9.33. The van der Waals surface area contributed by atoms with Crippen molar-refractivity contribution in [2.24, 2.45) is 56.7 Å². The van der Waals surface area contributed by atoms with Crippen LogP contribution in [0, 0.1) is 56.7 Å². The molecule has 0 aromatic rings. The van der Waals surface area contributed by atoms with Gasteiger partial charge in [0.1, 0.15) is 6.10 Å². The quantitative estimate of drug-likeness (QED) is 0.227. The number of rotatable bonds is 7. The van der Waals surface area contributed by atoms with Crippen LogP contribution in [-0.4, -0.2) is 17.9 Å². The molecule has 3 heteroatoms. The summed E-state index contributed by atoms with van der Waals surface area (Å²) in [5.41, 5.74) is 1.74. The first kappa shape index (κ1) is 31.3.